The molecule has 25 heavy (non-hydrogen) atoms. The number of hydrogen-bond donors (Lipinski definition) is 0. The first-order chi connectivity index (χ1) is 12.1. The van der Waals surface area contributed by atoms with E-state index in [-0.39, 0.29) is 5.63 Å². The Morgan fingerprint density at radius 1 is 0.960 bits per heavy atom. The minimum Gasteiger partial charge on any atom is -0.488 e. The van der Waals surface area contributed by atoms with Crippen LogP contribution in [0.4, 0.5) is 0 Å². The highest BCUT2D eigenvalue weighted by Gasteiger charge is 2.12. The van der Waals surface area contributed by atoms with Gasteiger partial charge in [0.2, 0.25) is 0 Å². The Labute approximate surface area is 153 Å². The van der Waals surface area contributed by atoms with Crippen molar-refractivity contribution in [3.05, 3.63) is 86.7 Å². The lowest BCUT2D eigenvalue weighted by atomic mass is 10.0. The summed E-state index contributed by atoms with van der Waals surface area (Å²) in [4.78, 5) is 12.3. The fraction of sp³-hybridized carbons (Fsp3) is 0.0952. The van der Waals surface area contributed by atoms with Crippen LogP contribution >= 0.6 is 15.9 Å². The van der Waals surface area contributed by atoms with E-state index in [2.05, 4.69) is 15.9 Å². The van der Waals surface area contributed by atoms with Gasteiger partial charge < -0.3 is 9.15 Å². The van der Waals surface area contributed by atoms with Crippen molar-refractivity contribution >= 4 is 37.7 Å². The second kappa shape index (κ2) is 6.37. The summed E-state index contributed by atoms with van der Waals surface area (Å²) in [6.07, 6.45) is 0. The van der Waals surface area contributed by atoms with Crippen molar-refractivity contribution in [1.29, 1.82) is 0 Å². The summed E-state index contributed by atoms with van der Waals surface area (Å²) >= 11 is 3.46. The lowest BCUT2D eigenvalue weighted by Gasteiger charge is -2.12. The Morgan fingerprint density at radius 3 is 2.56 bits per heavy atom. The van der Waals surface area contributed by atoms with E-state index in [0.717, 1.165) is 26.4 Å². The predicted octanol–water partition coefficient (Wildman–Crippen LogP) is 5.60. The van der Waals surface area contributed by atoms with E-state index in [4.69, 9.17) is 9.15 Å². The fourth-order valence-electron chi connectivity index (χ4n) is 3.01. The molecule has 4 aromatic rings. The molecule has 3 nitrogen and oxygen atoms in total. The van der Waals surface area contributed by atoms with Gasteiger partial charge in [-0.2, -0.15) is 0 Å². The van der Waals surface area contributed by atoms with Gasteiger partial charge in [0.25, 0.3) is 0 Å². The number of rotatable bonds is 3. The summed E-state index contributed by atoms with van der Waals surface area (Å²) in [5.41, 5.74) is 2.15. The minimum atomic E-state index is -0.324. The average Bonchev–Trinajstić information content (AvgIpc) is 2.62. The molecular formula is C21H15BrO3. The molecule has 0 radical (unpaired) electrons. The van der Waals surface area contributed by atoms with Gasteiger partial charge in [-0.05, 0) is 48.2 Å². The van der Waals surface area contributed by atoms with Crippen molar-refractivity contribution in [2.45, 2.75) is 13.5 Å². The maximum absolute atomic E-state index is 12.3. The Bertz CT molecular complexity index is 1140. The van der Waals surface area contributed by atoms with Gasteiger partial charge >= 0.3 is 5.63 Å². The second-order valence-corrected chi connectivity index (χ2v) is 6.83. The largest absolute Gasteiger partial charge is 0.488 e. The lowest BCUT2D eigenvalue weighted by Crippen LogP contribution is -2.02. The molecule has 0 unspecified atom stereocenters. The molecule has 3 aromatic carbocycles. The second-order valence-electron chi connectivity index (χ2n) is 5.92. The highest BCUT2D eigenvalue weighted by Crippen LogP contribution is 2.31. The molecule has 0 bridgehead atoms. The molecule has 0 aliphatic carbocycles. The predicted molar refractivity (Wildman–Crippen MR) is 103 cm³/mol. The van der Waals surface area contributed by atoms with Crippen LogP contribution < -0.4 is 10.4 Å². The first-order valence-electron chi connectivity index (χ1n) is 7.96. The van der Waals surface area contributed by atoms with E-state index >= 15 is 0 Å². The normalized spacial score (nSPS) is 11.1. The summed E-state index contributed by atoms with van der Waals surface area (Å²) in [5, 5.41) is 2.41. The average molecular weight is 395 g/mol. The summed E-state index contributed by atoms with van der Waals surface area (Å²) in [6.45, 7) is 2.36. The van der Waals surface area contributed by atoms with E-state index < -0.39 is 0 Å². The number of ether oxygens (including phenoxy) is 1. The van der Waals surface area contributed by atoms with Crippen LogP contribution in [0.3, 0.4) is 0 Å². The van der Waals surface area contributed by atoms with Crippen LogP contribution in [0.1, 0.15) is 11.1 Å². The molecule has 124 valence electrons. The first kappa shape index (κ1) is 15.9. The third-order valence-corrected chi connectivity index (χ3v) is 4.76. The van der Waals surface area contributed by atoms with Crippen LogP contribution in [-0.4, -0.2) is 0 Å². The van der Waals surface area contributed by atoms with Gasteiger partial charge in [0.05, 0.1) is 5.39 Å². The summed E-state index contributed by atoms with van der Waals surface area (Å²) in [6, 6.07) is 19.3. The summed E-state index contributed by atoms with van der Waals surface area (Å²) in [5.74, 6) is 0.714. The highest BCUT2D eigenvalue weighted by molar-refractivity contribution is 9.10. The quantitative estimate of drug-likeness (QED) is 0.335. The molecule has 0 fully saturated rings. The zero-order valence-corrected chi connectivity index (χ0v) is 15.2. The van der Waals surface area contributed by atoms with Crippen LogP contribution in [0.15, 0.2) is 74.3 Å². The molecule has 0 saturated carbocycles. The smallest absolute Gasteiger partial charge is 0.344 e. The number of aryl methyl sites for hydroxylation is 1. The van der Waals surface area contributed by atoms with Gasteiger partial charge in [0, 0.05) is 15.4 Å². The topological polar surface area (TPSA) is 39.4 Å². The SMILES string of the molecule is Cc1c(OCc2cccc(Br)c2)ccc2c1oc(=O)c1ccccc12. The maximum Gasteiger partial charge on any atom is 0.344 e. The third kappa shape index (κ3) is 2.94. The van der Waals surface area contributed by atoms with E-state index in [9.17, 15) is 4.79 Å². The first-order valence-corrected chi connectivity index (χ1v) is 8.75. The maximum atomic E-state index is 12.3. The van der Waals surface area contributed by atoms with Gasteiger partial charge in [-0.3, -0.25) is 0 Å². The molecule has 1 aromatic heterocycles. The molecule has 0 aliphatic heterocycles. The Balaban J connectivity index is 1.77. The van der Waals surface area contributed by atoms with Gasteiger partial charge in [-0.15, -0.1) is 0 Å². The van der Waals surface area contributed by atoms with E-state index in [0.29, 0.717) is 23.3 Å². The standard InChI is InChI=1S/C21H15BrO3/c1-13-19(24-12-14-5-4-6-15(22)11-14)10-9-17-16-7-2-3-8-18(16)21(23)25-20(13)17/h2-11H,12H2,1H3. The molecule has 0 spiro atoms. The van der Waals surface area contributed by atoms with Crippen molar-refractivity contribution < 1.29 is 9.15 Å². The van der Waals surface area contributed by atoms with Crippen molar-refractivity contribution in [1.82, 2.24) is 0 Å². The number of halogens is 1. The van der Waals surface area contributed by atoms with Crippen molar-refractivity contribution in [2.24, 2.45) is 0 Å². The van der Waals surface area contributed by atoms with Crippen LogP contribution in [-0.2, 0) is 6.61 Å². The molecule has 0 saturated heterocycles. The number of benzene rings is 3. The molecule has 4 rings (SSSR count). The lowest BCUT2D eigenvalue weighted by molar-refractivity contribution is 0.304. The monoisotopic (exact) mass is 394 g/mol. The van der Waals surface area contributed by atoms with Gasteiger partial charge in [-0.25, -0.2) is 4.79 Å². The summed E-state index contributed by atoms with van der Waals surface area (Å²) in [7, 11) is 0. The van der Waals surface area contributed by atoms with Crippen molar-refractivity contribution in [3.8, 4) is 5.75 Å². The molecule has 0 atom stereocenters. The zero-order chi connectivity index (χ0) is 17.4. The Hall–Kier alpha value is -2.59. The number of fused-ring (bicyclic) bond motifs is 3. The van der Waals surface area contributed by atoms with Crippen LogP contribution in [0, 0.1) is 6.92 Å². The van der Waals surface area contributed by atoms with Crippen LogP contribution in [0.2, 0.25) is 0 Å². The molecule has 0 aliphatic rings. The molecule has 1 heterocycles. The Morgan fingerprint density at radius 2 is 1.76 bits per heavy atom. The molecular weight excluding hydrogens is 380 g/mol. The third-order valence-electron chi connectivity index (χ3n) is 4.27. The highest BCUT2D eigenvalue weighted by atomic mass is 79.9. The van der Waals surface area contributed by atoms with Crippen LogP contribution in [0.25, 0.3) is 21.7 Å². The van der Waals surface area contributed by atoms with Gasteiger partial charge in [0.15, 0.2) is 0 Å². The van der Waals surface area contributed by atoms with E-state index in [1.165, 1.54) is 0 Å². The number of hydrogen-bond acceptors (Lipinski definition) is 3. The van der Waals surface area contributed by atoms with Crippen molar-refractivity contribution in [2.75, 3.05) is 0 Å². The Kier molecular flexibility index (Phi) is 4.06. The van der Waals surface area contributed by atoms with E-state index in [1.807, 2.05) is 61.5 Å². The summed E-state index contributed by atoms with van der Waals surface area (Å²) < 4.78 is 12.5. The van der Waals surface area contributed by atoms with E-state index in [1.54, 1.807) is 6.07 Å². The minimum absolute atomic E-state index is 0.324. The zero-order valence-electron chi connectivity index (χ0n) is 13.6. The fourth-order valence-corrected chi connectivity index (χ4v) is 3.45. The van der Waals surface area contributed by atoms with Gasteiger partial charge in [-0.1, -0.05) is 46.3 Å². The molecule has 4 heteroatoms. The molecule has 0 amide bonds. The molecule has 0 N–H and O–H groups in total. The van der Waals surface area contributed by atoms with Crippen molar-refractivity contribution in [3.63, 3.8) is 0 Å². The van der Waals surface area contributed by atoms with Gasteiger partial charge in [0.1, 0.15) is 17.9 Å². The van der Waals surface area contributed by atoms with Crippen LogP contribution in [0.5, 0.6) is 5.75 Å².